The van der Waals surface area contributed by atoms with E-state index in [1.165, 1.54) is 18.4 Å². The number of rotatable bonds is 5. The summed E-state index contributed by atoms with van der Waals surface area (Å²) >= 11 is 0. The van der Waals surface area contributed by atoms with Gasteiger partial charge < -0.3 is 19.3 Å². The number of nitrogens with zero attached hydrogens (tertiary/aromatic N) is 2. The molecule has 1 aromatic carbocycles. The Morgan fingerprint density at radius 1 is 1.00 bits per heavy atom. The van der Waals surface area contributed by atoms with Crippen LogP contribution in [0.25, 0.3) is 0 Å². The van der Waals surface area contributed by atoms with Gasteiger partial charge in [-0.3, -0.25) is 9.59 Å². The Bertz CT molecular complexity index is 717. The van der Waals surface area contributed by atoms with Crippen LogP contribution in [0, 0.1) is 5.92 Å². The highest BCUT2D eigenvalue weighted by molar-refractivity contribution is 5.95. The maximum absolute atomic E-state index is 12.7. The van der Waals surface area contributed by atoms with Gasteiger partial charge in [0, 0.05) is 37.8 Å². The molecule has 26 heavy (non-hydrogen) atoms. The Morgan fingerprint density at radius 2 is 1.62 bits per heavy atom. The third-order valence-electron chi connectivity index (χ3n) is 5.08. The summed E-state index contributed by atoms with van der Waals surface area (Å²) in [5, 5.41) is 0. The molecule has 1 saturated carbocycles. The van der Waals surface area contributed by atoms with E-state index in [1.54, 1.807) is 43.4 Å². The Kier molecular flexibility index (Phi) is 5.49. The fourth-order valence-electron chi connectivity index (χ4n) is 3.22. The molecule has 0 spiro atoms. The second-order valence-electron chi connectivity index (χ2n) is 6.85. The lowest BCUT2D eigenvalue weighted by Gasteiger charge is -2.34. The van der Waals surface area contributed by atoms with E-state index in [0.29, 0.717) is 49.2 Å². The Morgan fingerprint density at radius 3 is 2.19 bits per heavy atom. The van der Waals surface area contributed by atoms with E-state index in [1.807, 2.05) is 11.8 Å². The zero-order valence-electron chi connectivity index (χ0n) is 15.7. The molecule has 6 nitrogen and oxygen atoms in total. The van der Waals surface area contributed by atoms with Crippen molar-refractivity contribution in [2.45, 2.75) is 19.8 Å². The summed E-state index contributed by atoms with van der Waals surface area (Å²) in [6, 6.07) is 5.17. The third kappa shape index (κ3) is 4.00. The first-order valence-corrected chi connectivity index (χ1v) is 9.02. The predicted molar refractivity (Wildman–Crippen MR) is 98.5 cm³/mol. The largest absolute Gasteiger partial charge is 0.493 e. The summed E-state index contributed by atoms with van der Waals surface area (Å²) in [5.74, 6) is 1.74. The van der Waals surface area contributed by atoms with Crippen molar-refractivity contribution in [3.05, 3.63) is 35.4 Å². The second-order valence-corrected chi connectivity index (χ2v) is 6.85. The second kappa shape index (κ2) is 7.81. The normalized spacial score (nSPS) is 17.9. The van der Waals surface area contributed by atoms with Gasteiger partial charge in [0.15, 0.2) is 11.5 Å². The number of carbonyl (C=O) groups is 2. The van der Waals surface area contributed by atoms with Gasteiger partial charge in [0.1, 0.15) is 0 Å². The van der Waals surface area contributed by atoms with Crippen LogP contribution in [0.1, 0.15) is 30.1 Å². The zero-order chi connectivity index (χ0) is 18.7. The first-order valence-electron chi connectivity index (χ1n) is 9.02. The SMILES string of the molecule is COc1ccc(C(=O)N2CCN(C(=O)/C=C(\C)C3CC3)CC2)cc1OC. The number of methoxy groups -OCH3 is 2. The van der Waals surface area contributed by atoms with Crippen LogP contribution in [0.5, 0.6) is 11.5 Å². The van der Waals surface area contributed by atoms with Crippen LogP contribution in [-0.4, -0.2) is 62.0 Å². The quantitative estimate of drug-likeness (QED) is 0.758. The number of ether oxygens (including phenoxy) is 2. The van der Waals surface area contributed by atoms with Crippen LogP contribution < -0.4 is 9.47 Å². The lowest BCUT2D eigenvalue weighted by molar-refractivity contribution is -0.127. The van der Waals surface area contributed by atoms with Crippen molar-refractivity contribution in [3.63, 3.8) is 0 Å². The lowest BCUT2D eigenvalue weighted by Crippen LogP contribution is -2.50. The number of piperazine rings is 1. The fourth-order valence-corrected chi connectivity index (χ4v) is 3.22. The number of allylic oxidation sites excluding steroid dienone is 1. The molecule has 1 aliphatic carbocycles. The van der Waals surface area contributed by atoms with Gasteiger partial charge in [0.2, 0.25) is 5.91 Å². The highest BCUT2D eigenvalue weighted by atomic mass is 16.5. The molecule has 1 saturated heterocycles. The smallest absolute Gasteiger partial charge is 0.254 e. The number of hydrogen-bond acceptors (Lipinski definition) is 4. The van der Waals surface area contributed by atoms with Crippen molar-refractivity contribution in [2.24, 2.45) is 5.92 Å². The van der Waals surface area contributed by atoms with Gasteiger partial charge in [-0.05, 0) is 43.9 Å². The molecular weight excluding hydrogens is 332 g/mol. The topological polar surface area (TPSA) is 59.1 Å². The molecule has 0 aromatic heterocycles. The van der Waals surface area contributed by atoms with Gasteiger partial charge in [0.05, 0.1) is 14.2 Å². The van der Waals surface area contributed by atoms with Crippen LogP contribution in [0.2, 0.25) is 0 Å². The minimum Gasteiger partial charge on any atom is -0.493 e. The molecule has 1 heterocycles. The first-order chi connectivity index (χ1) is 12.5. The fraction of sp³-hybridized carbons (Fsp3) is 0.500. The minimum absolute atomic E-state index is 0.0530. The number of amides is 2. The van der Waals surface area contributed by atoms with Crippen molar-refractivity contribution in [2.75, 3.05) is 40.4 Å². The average Bonchev–Trinajstić information content (AvgIpc) is 3.52. The maximum Gasteiger partial charge on any atom is 0.254 e. The van der Waals surface area contributed by atoms with E-state index >= 15 is 0 Å². The van der Waals surface area contributed by atoms with Gasteiger partial charge in [-0.15, -0.1) is 0 Å². The average molecular weight is 358 g/mol. The lowest BCUT2D eigenvalue weighted by atomic mass is 10.1. The molecule has 6 heteroatoms. The first kappa shape index (κ1) is 18.3. The Labute approximate surface area is 154 Å². The minimum atomic E-state index is -0.0530. The van der Waals surface area contributed by atoms with Crippen LogP contribution in [-0.2, 0) is 4.79 Å². The monoisotopic (exact) mass is 358 g/mol. The van der Waals surface area contributed by atoms with Crippen LogP contribution in [0.4, 0.5) is 0 Å². The van der Waals surface area contributed by atoms with E-state index in [4.69, 9.17) is 9.47 Å². The molecule has 140 valence electrons. The van der Waals surface area contributed by atoms with E-state index in [0.717, 1.165) is 0 Å². The van der Waals surface area contributed by atoms with Gasteiger partial charge in [0.25, 0.3) is 5.91 Å². The van der Waals surface area contributed by atoms with Gasteiger partial charge in [-0.25, -0.2) is 0 Å². The maximum atomic E-state index is 12.7. The van der Waals surface area contributed by atoms with Crippen molar-refractivity contribution in [3.8, 4) is 11.5 Å². The summed E-state index contributed by atoms with van der Waals surface area (Å²) in [6.45, 7) is 4.23. The molecule has 0 N–H and O–H groups in total. The zero-order valence-corrected chi connectivity index (χ0v) is 15.7. The Hall–Kier alpha value is -2.50. The van der Waals surface area contributed by atoms with Gasteiger partial charge >= 0.3 is 0 Å². The molecule has 2 fully saturated rings. The third-order valence-corrected chi connectivity index (χ3v) is 5.08. The molecule has 0 bridgehead atoms. The summed E-state index contributed by atoms with van der Waals surface area (Å²) < 4.78 is 10.5. The van der Waals surface area contributed by atoms with Crippen molar-refractivity contribution in [1.29, 1.82) is 0 Å². The Balaban J connectivity index is 1.60. The van der Waals surface area contributed by atoms with E-state index in [2.05, 4.69) is 0 Å². The van der Waals surface area contributed by atoms with E-state index in [-0.39, 0.29) is 11.8 Å². The van der Waals surface area contributed by atoms with Gasteiger partial charge in [-0.1, -0.05) is 5.57 Å². The van der Waals surface area contributed by atoms with Crippen molar-refractivity contribution in [1.82, 2.24) is 9.80 Å². The van der Waals surface area contributed by atoms with E-state index < -0.39 is 0 Å². The van der Waals surface area contributed by atoms with Gasteiger partial charge in [-0.2, -0.15) is 0 Å². The molecule has 2 aliphatic rings. The molecule has 1 aliphatic heterocycles. The molecule has 1 aromatic rings. The summed E-state index contributed by atoms with van der Waals surface area (Å²) in [6.07, 6.45) is 4.16. The number of hydrogen-bond donors (Lipinski definition) is 0. The van der Waals surface area contributed by atoms with E-state index in [9.17, 15) is 9.59 Å². The molecule has 0 radical (unpaired) electrons. The summed E-state index contributed by atoms with van der Waals surface area (Å²) in [7, 11) is 3.11. The van der Waals surface area contributed by atoms with Crippen LogP contribution in [0.3, 0.4) is 0 Å². The number of carbonyl (C=O) groups excluding carboxylic acids is 2. The highest BCUT2D eigenvalue weighted by Crippen LogP contribution is 2.36. The highest BCUT2D eigenvalue weighted by Gasteiger charge is 2.27. The molecule has 0 atom stereocenters. The standard InChI is InChI=1S/C20H26N2O4/c1-14(15-4-5-15)12-19(23)21-8-10-22(11-9-21)20(24)16-6-7-17(25-2)18(13-16)26-3/h6-7,12-13,15H,4-5,8-11H2,1-3H3/b14-12+. The summed E-state index contributed by atoms with van der Waals surface area (Å²) in [5.41, 5.74) is 1.74. The number of benzene rings is 1. The molecule has 2 amide bonds. The predicted octanol–water partition coefficient (Wildman–Crippen LogP) is 2.34. The molecule has 0 unspecified atom stereocenters. The van der Waals surface area contributed by atoms with Crippen LogP contribution in [0.15, 0.2) is 29.8 Å². The molecular formula is C20H26N2O4. The molecule has 3 rings (SSSR count). The summed E-state index contributed by atoms with van der Waals surface area (Å²) in [4.78, 5) is 28.7. The van der Waals surface area contributed by atoms with Crippen molar-refractivity contribution < 1.29 is 19.1 Å². The van der Waals surface area contributed by atoms with Crippen molar-refractivity contribution >= 4 is 11.8 Å². The van der Waals surface area contributed by atoms with Crippen LogP contribution >= 0.6 is 0 Å².